The van der Waals surface area contributed by atoms with E-state index in [4.69, 9.17) is 0 Å². The number of carbonyl (C=O) groups is 1. The Balaban J connectivity index is 1.56. The maximum absolute atomic E-state index is 12.1. The first-order chi connectivity index (χ1) is 11.1. The third kappa shape index (κ3) is 4.09. The van der Waals surface area contributed by atoms with Gasteiger partial charge in [-0.2, -0.15) is 0 Å². The van der Waals surface area contributed by atoms with Gasteiger partial charge in [-0.1, -0.05) is 6.07 Å². The Hall–Kier alpha value is -1.46. The summed E-state index contributed by atoms with van der Waals surface area (Å²) >= 11 is 0. The van der Waals surface area contributed by atoms with Crippen molar-refractivity contribution in [2.45, 2.75) is 45.3 Å². The van der Waals surface area contributed by atoms with E-state index in [-0.39, 0.29) is 11.3 Å². The second-order valence-electron chi connectivity index (χ2n) is 7.22. The Kier molecular flexibility index (Phi) is 4.97. The van der Waals surface area contributed by atoms with Crippen LogP contribution < -0.4 is 0 Å². The predicted octanol–water partition coefficient (Wildman–Crippen LogP) is 1.67. The lowest BCUT2D eigenvalue weighted by Gasteiger charge is -2.47. The van der Waals surface area contributed by atoms with E-state index in [9.17, 15) is 9.90 Å². The molecule has 0 aliphatic carbocycles. The van der Waals surface area contributed by atoms with Gasteiger partial charge in [-0.25, -0.2) is 0 Å². The molecule has 1 N–H and O–H groups in total. The topological polar surface area (TPSA) is 56.7 Å². The highest BCUT2D eigenvalue weighted by Crippen LogP contribution is 2.40. The van der Waals surface area contributed by atoms with Gasteiger partial charge in [0.2, 0.25) is 5.91 Å². The second kappa shape index (κ2) is 6.97. The molecule has 0 saturated carbocycles. The first kappa shape index (κ1) is 16.4. The van der Waals surface area contributed by atoms with Crippen LogP contribution >= 0.6 is 0 Å². The van der Waals surface area contributed by atoms with E-state index < -0.39 is 6.10 Å². The zero-order valence-corrected chi connectivity index (χ0v) is 13.9. The number of β-amino-alcohol motifs (C(OH)–C–C–N with tert-alkyl or cyclic N) is 1. The smallest absolute Gasteiger partial charge is 0.222 e. The SMILES string of the molecule is CC(O)CN1CC2(CCC1=O)CCN(Cc1ccccn1)CC2. The summed E-state index contributed by atoms with van der Waals surface area (Å²) in [5, 5.41) is 9.61. The van der Waals surface area contributed by atoms with Gasteiger partial charge in [0.1, 0.15) is 0 Å². The Morgan fingerprint density at radius 1 is 1.30 bits per heavy atom. The molecule has 3 rings (SSSR count). The van der Waals surface area contributed by atoms with Gasteiger partial charge in [-0.05, 0) is 56.8 Å². The molecule has 2 aliphatic heterocycles. The van der Waals surface area contributed by atoms with E-state index in [2.05, 4.69) is 16.0 Å². The molecule has 1 amide bonds. The van der Waals surface area contributed by atoms with E-state index >= 15 is 0 Å². The maximum atomic E-state index is 12.1. The van der Waals surface area contributed by atoms with Gasteiger partial charge in [0.05, 0.1) is 11.8 Å². The predicted molar refractivity (Wildman–Crippen MR) is 88.7 cm³/mol. The third-order valence-corrected chi connectivity index (χ3v) is 5.26. The van der Waals surface area contributed by atoms with E-state index in [1.807, 2.05) is 23.2 Å². The zero-order valence-electron chi connectivity index (χ0n) is 13.9. The molecule has 2 saturated heterocycles. The molecular formula is C18H27N3O2. The van der Waals surface area contributed by atoms with Gasteiger partial charge in [-0.15, -0.1) is 0 Å². The number of nitrogens with zero attached hydrogens (tertiary/aromatic N) is 3. The number of carbonyl (C=O) groups excluding carboxylic acids is 1. The monoisotopic (exact) mass is 317 g/mol. The van der Waals surface area contributed by atoms with Crippen LogP contribution in [-0.2, 0) is 11.3 Å². The van der Waals surface area contributed by atoms with Crippen LogP contribution in [0.15, 0.2) is 24.4 Å². The van der Waals surface area contributed by atoms with Crippen LogP contribution in [0.2, 0.25) is 0 Å². The fourth-order valence-electron chi connectivity index (χ4n) is 3.90. The Bertz CT molecular complexity index is 524. The van der Waals surface area contributed by atoms with Gasteiger partial charge in [-0.3, -0.25) is 14.7 Å². The Labute approximate surface area is 138 Å². The van der Waals surface area contributed by atoms with Gasteiger partial charge in [0, 0.05) is 32.3 Å². The molecule has 0 radical (unpaired) electrons. The molecule has 1 atom stereocenters. The fraction of sp³-hybridized carbons (Fsp3) is 0.667. The molecule has 1 spiro atoms. The molecule has 126 valence electrons. The summed E-state index contributed by atoms with van der Waals surface area (Å²) in [6.07, 6.45) is 5.29. The molecular weight excluding hydrogens is 290 g/mol. The maximum Gasteiger partial charge on any atom is 0.222 e. The summed E-state index contributed by atoms with van der Waals surface area (Å²) in [4.78, 5) is 20.8. The molecule has 2 aliphatic rings. The van der Waals surface area contributed by atoms with Crippen molar-refractivity contribution in [2.75, 3.05) is 26.2 Å². The van der Waals surface area contributed by atoms with E-state index in [1.54, 1.807) is 6.92 Å². The van der Waals surface area contributed by atoms with E-state index in [1.165, 1.54) is 0 Å². The second-order valence-corrected chi connectivity index (χ2v) is 7.22. The van der Waals surface area contributed by atoms with Gasteiger partial charge in [0.25, 0.3) is 0 Å². The van der Waals surface area contributed by atoms with Crippen molar-refractivity contribution in [3.63, 3.8) is 0 Å². The summed E-state index contributed by atoms with van der Waals surface area (Å²) in [6.45, 7) is 6.07. The zero-order chi connectivity index (χ0) is 16.3. The van der Waals surface area contributed by atoms with Crippen LogP contribution in [0.3, 0.4) is 0 Å². The van der Waals surface area contributed by atoms with Crippen LogP contribution in [0.5, 0.6) is 0 Å². The lowest BCUT2D eigenvalue weighted by Crippen LogP contribution is -2.52. The number of amides is 1. The Morgan fingerprint density at radius 3 is 2.74 bits per heavy atom. The van der Waals surface area contributed by atoms with Crippen LogP contribution in [0.4, 0.5) is 0 Å². The van der Waals surface area contributed by atoms with Gasteiger partial charge < -0.3 is 10.0 Å². The molecule has 1 aromatic rings. The number of aromatic nitrogens is 1. The molecule has 2 fully saturated rings. The average Bonchev–Trinajstić information content (AvgIpc) is 2.54. The van der Waals surface area contributed by atoms with Crippen molar-refractivity contribution >= 4 is 5.91 Å². The van der Waals surface area contributed by atoms with E-state index in [0.29, 0.717) is 13.0 Å². The van der Waals surface area contributed by atoms with Crippen LogP contribution in [0, 0.1) is 5.41 Å². The van der Waals surface area contributed by atoms with Crippen LogP contribution in [0.25, 0.3) is 0 Å². The standard InChI is InChI=1S/C18H27N3O2/c1-15(22)12-21-14-18(6-5-17(21)23)7-10-20(11-8-18)13-16-4-2-3-9-19-16/h2-4,9,15,22H,5-8,10-14H2,1H3. The fourth-order valence-corrected chi connectivity index (χ4v) is 3.90. The van der Waals surface area contributed by atoms with Crippen LogP contribution in [-0.4, -0.2) is 58.1 Å². The molecule has 1 unspecified atom stereocenters. The largest absolute Gasteiger partial charge is 0.392 e. The molecule has 3 heterocycles. The number of rotatable bonds is 4. The normalized spacial score (nSPS) is 23.2. The number of hydrogen-bond acceptors (Lipinski definition) is 4. The highest BCUT2D eigenvalue weighted by atomic mass is 16.3. The van der Waals surface area contributed by atoms with Crippen molar-refractivity contribution in [1.82, 2.24) is 14.8 Å². The van der Waals surface area contributed by atoms with Crippen LogP contribution in [0.1, 0.15) is 38.3 Å². The van der Waals surface area contributed by atoms with Gasteiger partial charge in [0.15, 0.2) is 0 Å². The Morgan fingerprint density at radius 2 is 2.09 bits per heavy atom. The summed E-state index contributed by atoms with van der Waals surface area (Å²) in [7, 11) is 0. The molecule has 5 nitrogen and oxygen atoms in total. The minimum Gasteiger partial charge on any atom is -0.392 e. The highest BCUT2D eigenvalue weighted by Gasteiger charge is 2.41. The van der Waals surface area contributed by atoms with Gasteiger partial charge >= 0.3 is 0 Å². The number of pyridine rings is 1. The lowest BCUT2D eigenvalue weighted by molar-refractivity contribution is -0.140. The van der Waals surface area contributed by atoms with Crippen molar-refractivity contribution in [1.29, 1.82) is 0 Å². The summed E-state index contributed by atoms with van der Waals surface area (Å²) < 4.78 is 0. The minimum atomic E-state index is -0.446. The van der Waals surface area contributed by atoms with E-state index in [0.717, 1.165) is 51.1 Å². The first-order valence-corrected chi connectivity index (χ1v) is 8.64. The quantitative estimate of drug-likeness (QED) is 0.918. The number of aliphatic hydroxyl groups excluding tert-OH is 1. The van der Waals surface area contributed by atoms with Crippen molar-refractivity contribution in [3.05, 3.63) is 30.1 Å². The van der Waals surface area contributed by atoms with Crippen molar-refractivity contribution < 1.29 is 9.90 Å². The minimum absolute atomic E-state index is 0.201. The number of hydrogen-bond donors (Lipinski definition) is 1. The molecule has 23 heavy (non-hydrogen) atoms. The summed E-state index contributed by atoms with van der Waals surface area (Å²) in [5.74, 6) is 0.201. The first-order valence-electron chi connectivity index (χ1n) is 8.64. The number of aliphatic hydroxyl groups is 1. The lowest BCUT2D eigenvalue weighted by atomic mass is 9.72. The average molecular weight is 317 g/mol. The molecule has 0 bridgehead atoms. The van der Waals surface area contributed by atoms with Crippen molar-refractivity contribution in [2.24, 2.45) is 5.41 Å². The molecule has 1 aromatic heterocycles. The molecule has 0 aromatic carbocycles. The third-order valence-electron chi connectivity index (χ3n) is 5.26. The number of likely N-dealkylation sites (tertiary alicyclic amines) is 2. The molecule has 5 heteroatoms. The number of piperidine rings is 2. The summed E-state index contributed by atoms with van der Waals surface area (Å²) in [6, 6.07) is 6.06. The van der Waals surface area contributed by atoms with Crippen molar-refractivity contribution in [3.8, 4) is 0 Å². The summed E-state index contributed by atoms with van der Waals surface area (Å²) in [5.41, 5.74) is 1.38. The highest BCUT2D eigenvalue weighted by molar-refractivity contribution is 5.77.